The number of hydrogen-bond donors (Lipinski definition) is 12. The second-order valence-electron chi connectivity index (χ2n) is 23.8. The number of esters is 2. The van der Waals surface area contributed by atoms with Gasteiger partial charge in [0.1, 0.15) is 18.3 Å². The van der Waals surface area contributed by atoms with E-state index >= 15 is 0 Å². The van der Waals surface area contributed by atoms with Crippen molar-refractivity contribution in [3.63, 3.8) is 0 Å². The number of carbonyl (C=O) groups is 5. The third-order valence-corrected chi connectivity index (χ3v) is 17.8. The smallest absolute Gasteiger partial charge is 0.410 e. The Bertz CT molecular complexity index is 2480. The van der Waals surface area contributed by atoms with Crippen molar-refractivity contribution >= 4 is 41.6 Å². The maximum Gasteiger partial charge on any atom is 0.410 e. The highest BCUT2D eigenvalue weighted by molar-refractivity contribution is 8.00. The van der Waals surface area contributed by atoms with Gasteiger partial charge in [-0.25, -0.2) is 4.79 Å². The van der Waals surface area contributed by atoms with Crippen LogP contribution in [-0.2, 0) is 47.6 Å². The van der Waals surface area contributed by atoms with Crippen LogP contribution in [0.15, 0.2) is 97.4 Å². The molecular formula is C63H94N2O22S. The predicted octanol–water partition coefficient (Wildman–Crippen LogP) is 3.26. The number of nitrogens with one attached hydrogen (secondary N) is 1. The zero-order valence-corrected chi connectivity index (χ0v) is 51.6. The summed E-state index contributed by atoms with van der Waals surface area (Å²) in [6, 6.07) is -1.49. The van der Waals surface area contributed by atoms with Gasteiger partial charge < -0.3 is 89.9 Å². The molecule has 4 heterocycles. The first-order valence-corrected chi connectivity index (χ1v) is 31.6. The van der Waals surface area contributed by atoms with Crippen LogP contribution < -0.4 is 5.32 Å². The van der Waals surface area contributed by atoms with Crippen molar-refractivity contribution in [1.29, 1.82) is 0 Å². The Morgan fingerprint density at radius 2 is 1.31 bits per heavy atom. The molecule has 24 nitrogen and oxygen atoms in total. The molecule has 1 aliphatic carbocycles. The van der Waals surface area contributed by atoms with E-state index in [-0.39, 0.29) is 67.5 Å². The van der Waals surface area contributed by atoms with Crippen molar-refractivity contribution in [2.24, 2.45) is 29.6 Å². The lowest BCUT2D eigenvalue weighted by Gasteiger charge is -2.46. The second kappa shape index (κ2) is 36.1. The first kappa shape index (κ1) is 73.6. The first-order chi connectivity index (χ1) is 41.7. The predicted molar refractivity (Wildman–Crippen MR) is 322 cm³/mol. The van der Waals surface area contributed by atoms with Gasteiger partial charge in [0.15, 0.2) is 12.1 Å². The zero-order chi connectivity index (χ0) is 64.8. The number of thioether (sulfide) groups is 1. The monoisotopic (exact) mass is 1260 g/mol. The molecule has 0 aromatic heterocycles. The minimum absolute atomic E-state index is 0.0262. The molecule has 20 atom stereocenters. The summed E-state index contributed by atoms with van der Waals surface area (Å²) in [7, 11) is 0. The third kappa shape index (κ3) is 23.0. The summed E-state index contributed by atoms with van der Waals surface area (Å²) >= 11 is 1.34. The minimum atomic E-state index is -2.33. The van der Waals surface area contributed by atoms with Crippen molar-refractivity contribution < 1.29 is 109 Å². The molecule has 3 saturated heterocycles. The average Bonchev–Trinajstić information content (AvgIpc) is 2.00. The lowest BCUT2D eigenvalue weighted by molar-refractivity contribution is -0.309. The van der Waals surface area contributed by atoms with Gasteiger partial charge in [-0.1, -0.05) is 105 Å². The summed E-state index contributed by atoms with van der Waals surface area (Å²) in [6.45, 7) is 9.75. The van der Waals surface area contributed by atoms with Crippen LogP contribution in [0, 0.1) is 29.6 Å². The Kier molecular flexibility index (Phi) is 30.2. The Balaban J connectivity index is 1.28. The number of aliphatic hydroxyl groups is 11. The number of nitrogens with zero attached hydrogens (tertiary/aromatic N) is 1. The van der Waals surface area contributed by atoms with E-state index in [4.69, 9.17) is 28.4 Å². The van der Waals surface area contributed by atoms with E-state index in [1.165, 1.54) is 29.7 Å². The number of aliphatic hydroxyl groups excluding tert-OH is 10. The molecule has 0 aromatic rings. The number of rotatable bonds is 10. The number of likely N-dealkylation sites (tertiary alicyclic amines) is 1. The molecule has 12 N–H and O–H groups in total. The summed E-state index contributed by atoms with van der Waals surface area (Å²) in [4.78, 5) is 65.2. The SMILES string of the molecule is C=C(O)[C@H]1[C@@H]2C[C@@H](O[C@@H]3O[C@H](C)[C@@H](O)[C@H](NC(=O)OCOC(=O)C4CCC(CN5C(=O)CC(SC)C5=O)CC4)[C@@H]3O)/C=C/C=C/C=C/C=C/C=C/C=C/C=C/[C@H](C)[C@@H](O)[C@@H](C)[C@H](C)OC(=O)C[C@H](O)C[C@H](O)CC[C@@H](O)[C@H](O)C[C@H](O)C[C@](O)(C[C@@H]1O)O2. The molecule has 0 aromatic carbocycles. The standard InChI is InChI=1S/C63H94N2O22S/c1-36-19-17-15-13-11-9-7-8-10-12-14-16-18-20-46(86-61-58(77)55(57(76)40(5)85-61)64-62(80)83-35-82-60(79)42-23-21-41(22-24-42)34-65-52(73)31-51(88-6)59(65)78)30-50-54(38(3)66)49(72)33-63(81,87-50)32-45(69)28-48(71)47(70)26-25-43(67)27-44(68)29-53(74)84-39(4)37(2)56(36)75/h7-20,36-37,39-51,54-58,61,66-72,75-77,81H,3,21-35H2,1-2,4-6H3,(H,64,80)/b8-7+,11-9+,12-10+,15-13+,16-14+,19-17+,20-18+/t36-,37-,39-,40+,41?,42?,43+,44+,45-,46-,47+,48+,49-,50-,51?,54+,55-,56+,57+,58-,61-,63+/m0/s1. The van der Waals surface area contributed by atoms with E-state index in [1.807, 2.05) is 13.0 Å². The van der Waals surface area contributed by atoms with Crippen LogP contribution in [0.3, 0.4) is 0 Å². The highest BCUT2D eigenvalue weighted by Gasteiger charge is 2.50. The summed E-state index contributed by atoms with van der Waals surface area (Å²) in [5.41, 5.74) is 0. The minimum Gasteiger partial charge on any atom is -0.512 e. The van der Waals surface area contributed by atoms with Crippen molar-refractivity contribution in [2.45, 2.75) is 214 Å². The zero-order valence-electron chi connectivity index (χ0n) is 50.8. The molecule has 25 heteroatoms. The van der Waals surface area contributed by atoms with Gasteiger partial charge in [-0.05, 0) is 71.0 Å². The second-order valence-corrected chi connectivity index (χ2v) is 24.9. The van der Waals surface area contributed by atoms with Gasteiger partial charge in [-0.15, -0.1) is 0 Å². The van der Waals surface area contributed by atoms with Crippen LogP contribution in [0.2, 0.25) is 0 Å². The van der Waals surface area contributed by atoms with Gasteiger partial charge in [0.05, 0.1) is 96.3 Å². The summed E-state index contributed by atoms with van der Waals surface area (Å²) < 4.78 is 34.3. The van der Waals surface area contributed by atoms with Crippen LogP contribution in [0.25, 0.3) is 0 Å². The highest BCUT2D eigenvalue weighted by atomic mass is 32.2. The van der Waals surface area contributed by atoms with Gasteiger partial charge in [-0.3, -0.25) is 24.1 Å². The molecule has 1 unspecified atom stereocenters. The number of carbonyl (C=O) groups excluding carboxylic acids is 5. The molecule has 1 saturated carbocycles. The quantitative estimate of drug-likeness (QED) is 0.0646. The average molecular weight is 1260 g/mol. The molecule has 4 fully saturated rings. The lowest BCUT2D eigenvalue weighted by Crippen LogP contribution is -2.64. The maximum atomic E-state index is 13.1. The fourth-order valence-electron chi connectivity index (χ4n) is 11.5. The number of alkyl carbamates (subject to hydrolysis) is 1. The van der Waals surface area contributed by atoms with Crippen molar-refractivity contribution in [2.75, 3.05) is 19.6 Å². The number of imide groups is 1. The van der Waals surface area contributed by atoms with Crippen LogP contribution in [-0.4, -0.2) is 213 Å². The van der Waals surface area contributed by atoms with Crippen molar-refractivity contribution in [3.05, 3.63) is 97.4 Å². The number of fused-ring (bicyclic) bond motifs is 2. The van der Waals surface area contributed by atoms with Crippen LogP contribution in [0.4, 0.5) is 4.79 Å². The number of hydrogen-bond acceptors (Lipinski definition) is 23. The number of cyclic esters (lactones) is 1. The van der Waals surface area contributed by atoms with Crippen LogP contribution in [0.5, 0.6) is 0 Å². The Morgan fingerprint density at radius 1 is 0.693 bits per heavy atom. The molecular weight excluding hydrogens is 1170 g/mol. The molecule has 494 valence electrons. The van der Waals surface area contributed by atoms with E-state index in [0.717, 1.165) is 0 Å². The van der Waals surface area contributed by atoms with Crippen LogP contribution >= 0.6 is 11.8 Å². The number of ether oxygens (including phenoxy) is 6. The Hall–Kier alpha value is -5.10. The van der Waals surface area contributed by atoms with Gasteiger partial charge in [-0.2, -0.15) is 11.8 Å². The fourth-order valence-corrected chi connectivity index (χ4v) is 12.2. The van der Waals surface area contributed by atoms with E-state index in [1.54, 1.807) is 93.0 Å². The van der Waals surface area contributed by atoms with E-state index in [2.05, 4.69) is 11.9 Å². The summed E-state index contributed by atoms with van der Waals surface area (Å²) in [5, 5.41) is 124. The molecule has 2 bridgehead atoms. The molecule has 5 rings (SSSR count). The van der Waals surface area contributed by atoms with Crippen LogP contribution in [0.1, 0.15) is 111 Å². The first-order valence-electron chi connectivity index (χ1n) is 30.3. The summed E-state index contributed by atoms with van der Waals surface area (Å²) in [6.07, 6.45) is 4.97. The van der Waals surface area contributed by atoms with E-state index in [9.17, 15) is 80.1 Å². The van der Waals surface area contributed by atoms with Crippen molar-refractivity contribution in [1.82, 2.24) is 10.2 Å². The number of allylic oxidation sites excluding steroid dienone is 12. The molecule has 88 heavy (non-hydrogen) atoms. The third-order valence-electron chi connectivity index (χ3n) is 16.9. The van der Waals surface area contributed by atoms with E-state index in [0.29, 0.717) is 25.7 Å². The molecule has 0 spiro atoms. The van der Waals surface area contributed by atoms with E-state index < -0.39 is 171 Å². The fraction of sp³-hybridized carbons (Fsp3) is 0.667. The topological polar surface area (TPSA) is 379 Å². The normalized spacial score (nSPS) is 41.1. The molecule has 4 aliphatic heterocycles. The lowest BCUT2D eigenvalue weighted by atomic mass is 9.82. The highest BCUT2D eigenvalue weighted by Crippen LogP contribution is 2.40. The number of amides is 3. The van der Waals surface area contributed by atoms with Gasteiger partial charge in [0.2, 0.25) is 18.6 Å². The van der Waals surface area contributed by atoms with Gasteiger partial charge in [0, 0.05) is 50.5 Å². The van der Waals surface area contributed by atoms with Crippen molar-refractivity contribution in [3.8, 4) is 0 Å². The summed E-state index contributed by atoms with van der Waals surface area (Å²) in [5.74, 6) is -7.16. The maximum absolute atomic E-state index is 13.1. The molecule has 3 amide bonds. The van der Waals surface area contributed by atoms with Gasteiger partial charge >= 0.3 is 18.0 Å². The Morgan fingerprint density at radius 3 is 1.91 bits per heavy atom. The van der Waals surface area contributed by atoms with Gasteiger partial charge in [0.25, 0.3) is 0 Å². The molecule has 0 radical (unpaired) electrons. The Labute approximate surface area is 518 Å². The largest absolute Gasteiger partial charge is 0.512 e. The molecule has 5 aliphatic rings.